The highest BCUT2D eigenvalue weighted by Gasteiger charge is 2.42. The molecule has 5 nitrogen and oxygen atoms in total. The van der Waals surface area contributed by atoms with E-state index < -0.39 is 8.80 Å². The van der Waals surface area contributed by atoms with Crippen molar-refractivity contribution in [1.82, 2.24) is 0 Å². The molecule has 18 heavy (non-hydrogen) atoms. The van der Waals surface area contributed by atoms with Gasteiger partial charge >= 0.3 is 8.80 Å². The summed E-state index contributed by atoms with van der Waals surface area (Å²) in [5, 5.41) is 0. The Labute approximate surface area is 113 Å². The summed E-state index contributed by atoms with van der Waals surface area (Å²) in [6.07, 6.45) is 2.75. The third kappa shape index (κ3) is 8.18. The molecule has 0 bridgehead atoms. The van der Waals surface area contributed by atoms with Gasteiger partial charge in [-0.3, -0.25) is 0 Å². The summed E-state index contributed by atoms with van der Waals surface area (Å²) in [5.41, 5.74) is 10.8. The van der Waals surface area contributed by atoms with Crippen molar-refractivity contribution in [2.45, 2.75) is 51.7 Å². The molecule has 6 heteroatoms. The molecule has 0 saturated heterocycles. The van der Waals surface area contributed by atoms with Gasteiger partial charge in [-0.25, -0.2) is 0 Å². The van der Waals surface area contributed by atoms with Gasteiger partial charge in [0.2, 0.25) is 0 Å². The van der Waals surface area contributed by atoms with Crippen molar-refractivity contribution < 1.29 is 13.3 Å². The molecule has 0 aromatic heterocycles. The zero-order valence-corrected chi connectivity index (χ0v) is 13.3. The second-order valence-electron chi connectivity index (χ2n) is 5.34. The highest BCUT2D eigenvalue weighted by atomic mass is 28.4. The van der Waals surface area contributed by atoms with Gasteiger partial charge < -0.3 is 24.7 Å². The number of unbranched alkanes of at least 4 members (excludes halogenated alkanes) is 1. The van der Waals surface area contributed by atoms with E-state index in [0.29, 0.717) is 19.7 Å². The molecule has 0 spiro atoms. The Balaban J connectivity index is 4.44. The molecule has 0 aromatic rings. The topological polar surface area (TPSA) is 79.7 Å². The van der Waals surface area contributed by atoms with Crippen LogP contribution in [0.3, 0.4) is 0 Å². The summed E-state index contributed by atoms with van der Waals surface area (Å²) in [4.78, 5) is 0. The first-order valence-electron chi connectivity index (χ1n) is 6.68. The zero-order chi connectivity index (χ0) is 14.1. The van der Waals surface area contributed by atoms with E-state index in [1.165, 1.54) is 0 Å². The zero-order valence-electron chi connectivity index (χ0n) is 12.3. The van der Waals surface area contributed by atoms with Crippen LogP contribution >= 0.6 is 0 Å². The molecule has 0 fully saturated rings. The van der Waals surface area contributed by atoms with E-state index in [-0.39, 0.29) is 5.60 Å². The molecule has 0 heterocycles. The van der Waals surface area contributed by atoms with Crippen molar-refractivity contribution >= 4 is 8.80 Å². The summed E-state index contributed by atoms with van der Waals surface area (Å²) < 4.78 is 17.6. The Kier molecular flexibility index (Phi) is 9.01. The lowest BCUT2D eigenvalue weighted by Crippen LogP contribution is -2.50. The van der Waals surface area contributed by atoms with E-state index in [9.17, 15) is 0 Å². The molecule has 0 aliphatic rings. The Morgan fingerprint density at radius 1 is 1.00 bits per heavy atom. The standard InChI is InChI=1S/C12H30N2O3Si/c1-12(2,3)17-18(15-4,11-7-9-14)16-10-6-5-8-13/h5-11,13-14H2,1-4H3. The lowest BCUT2D eigenvalue weighted by molar-refractivity contribution is 0.00485. The third-order valence-corrected chi connectivity index (χ3v) is 5.54. The highest BCUT2D eigenvalue weighted by molar-refractivity contribution is 6.60. The van der Waals surface area contributed by atoms with Gasteiger partial charge in [-0.1, -0.05) is 0 Å². The van der Waals surface area contributed by atoms with E-state index in [4.69, 9.17) is 24.7 Å². The number of hydrogen-bond acceptors (Lipinski definition) is 5. The van der Waals surface area contributed by atoms with E-state index in [0.717, 1.165) is 25.3 Å². The molecule has 4 N–H and O–H groups in total. The van der Waals surface area contributed by atoms with Crippen LogP contribution in [0.1, 0.15) is 40.0 Å². The van der Waals surface area contributed by atoms with Crippen molar-refractivity contribution in [3.05, 3.63) is 0 Å². The minimum absolute atomic E-state index is 0.273. The Hall–Kier alpha value is 0.0169. The van der Waals surface area contributed by atoms with Crippen molar-refractivity contribution in [3.8, 4) is 0 Å². The Morgan fingerprint density at radius 3 is 2.06 bits per heavy atom. The van der Waals surface area contributed by atoms with Crippen LogP contribution < -0.4 is 11.5 Å². The van der Waals surface area contributed by atoms with Crippen molar-refractivity contribution in [3.63, 3.8) is 0 Å². The third-order valence-electron chi connectivity index (χ3n) is 2.38. The minimum Gasteiger partial charge on any atom is -0.377 e. The molecule has 110 valence electrons. The Bertz CT molecular complexity index is 212. The van der Waals surface area contributed by atoms with Crippen LogP contribution in [0.25, 0.3) is 0 Å². The first-order chi connectivity index (χ1) is 8.39. The highest BCUT2D eigenvalue weighted by Crippen LogP contribution is 2.24. The van der Waals surface area contributed by atoms with E-state index in [1.54, 1.807) is 7.11 Å². The summed E-state index contributed by atoms with van der Waals surface area (Å²) in [7, 11) is -0.933. The number of hydrogen-bond donors (Lipinski definition) is 2. The van der Waals surface area contributed by atoms with Gasteiger partial charge in [-0.2, -0.15) is 0 Å². The summed E-state index contributed by atoms with van der Waals surface area (Å²) in [6, 6.07) is 0.764. The van der Waals surface area contributed by atoms with Gasteiger partial charge in [-0.05, 0) is 53.1 Å². The predicted octanol–water partition coefficient (Wildman–Crippen LogP) is 1.49. The maximum atomic E-state index is 6.06. The van der Waals surface area contributed by atoms with Gasteiger partial charge in [0.05, 0.1) is 5.60 Å². The molecule has 1 unspecified atom stereocenters. The Morgan fingerprint density at radius 2 is 1.61 bits per heavy atom. The second-order valence-corrected chi connectivity index (χ2v) is 8.11. The molecule has 0 aromatic carbocycles. The monoisotopic (exact) mass is 278 g/mol. The first kappa shape index (κ1) is 18.0. The molecule has 0 aliphatic carbocycles. The summed E-state index contributed by atoms with van der Waals surface area (Å²) in [6.45, 7) is 7.99. The molecule has 1 atom stereocenters. The number of rotatable bonds is 10. The smallest absolute Gasteiger partial charge is 0.377 e. The average Bonchev–Trinajstić information content (AvgIpc) is 2.29. The molecular formula is C12H30N2O3Si. The normalized spacial score (nSPS) is 15.7. The van der Waals surface area contributed by atoms with Crippen molar-refractivity contribution in [1.29, 1.82) is 0 Å². The minimum atomic E-state index is -2.60. The fraction of sp³-hybridized carbons (Fsp3) is 1.00. The average molecular weight is 278 g/mol. The van der Waals surface area contributed by atoms with Gasteiger partial charge in [0.15, 0.2) is 0 Å². The second kappa shape index (κ2) is 9.01. The fourth-order valence-corrected chi connectivity index (χ4v) is 4.35. The SMILES string of the molecule is CO[Si](CCCN)(OCCCCN)OC(C)(C)C. The molecular weight excluding hydrogens is 248 g/mol. The van der Waals surface area contributed by atoms with Gasteiger partial charge in [0.1, 0.15) is 0 Å². The number of nitrogens with two attached hydrogens (primary N) is 2. The van der Waals surface area contributed by atoms with Gasteiger partial charge in [-0.15, -0.1) is 0 Å². The molecule has 0 radical (unpaired) electrons. The summed E-state index contributed by atoms with van der Waals surface area (Å²) in [5.74, 6) is 0. The van der Waals surface area contributed by atoms with Crippen LogP contribution in [0.2, 0.25) is 6.04 Å². The van der Waals surface area contributed by atoms with E-state index in [2.05, 4.69) is 0 Å². The van der Waals surface area contributed by atoms with Crippen LogP contribution in [0.5, 0.6) is 0 Å². The largest absolute Gasteiger partial charge is 0.501 e. The fourth-order valence-electron chi connectivity index (χ4n) is 1.61. The quantitative estimate of drug-likeness (QED) is 0.467. The van der Waals surface area contributed by atoms with Crippen LogP contribution in [-0.2, 0) is 13.3 Å². The maximum Gasteiger partial charge on any atom is 0.501 e. The molecule has 0 rings (SSSR count). The van der Waals surface area contributed by atoms with E-state index in [1.807, 2.05) is 20.8 Å². The van der Waals surface area contributed by atoms with Gasteiger partial charge in [0, 0.05) is 19.8 Å². The molecule has 0 saturated carbocycles. The lowest BCUT2D eigenvalue weighted by atomic mass is 10.2. The summed E-state index contributed by atoms with van der Waals surface area (Å²) >= 11 is 0. The van der Waals surface area contributed by atoms with Crippen LogP contribution in [0.4, 0.5) is 0 Å². The maximum absolute atomic E-state index is 6.06. The van der Waals surface area contributed by atoms with Crippen molar-refractivity contribution in [2.24, 2.45) is 11.5 Å². The molecule has 0 amide bonds. The van der Waals surface area contributed by atoms with Crippen LogP contribution in [0.15, 0.2) is 0 Å². The van der Waals surface area contributed by atoms with Crippen LogP contribution in [-0.4, -0.2) is 41.2 Å². The van der Waals surface area contributed by atoms with Gasteiger partial charge in [0.25, 0.3) is 0 Å². The molecule has 0 aliphatic heterocycles. The predicted molar refractivity (Wildman–Crippen MR) is 76.3 cm³/mol. The first-order valence-corrected chi connectivity index (χ1v) is 8.62. The van der Waals surface area contributed by atoms with Crippen molar-refractivity contribution in [2.75, 3.05) is 26.8 Å². The van der Waals surface area contributed by atoms with E-state index >= 15 is 0 Å². The lowest BCUT2D eigenvalue weighted by Gasteiger charge is -2.34. The van der Waals surface area contributed by atoms with Crippen LogP contribution in [0, 0.1) is 0 Å².